The van der Waals surface area contributed by atoms with E-state index in [1.165, 1.54) is 0 Å². The molecule has 5 heteroatoms. The van der Waals surface area contributed by atoms with E-state index in [-0.39, 0.29) is 59.2 Å². The predicted molar refractivity (Wildman–Crippen MR) is 44.0 cm³/mol. The Morgan fingerprint density at radius 2 is 1.69 bits per heavy atom. The predicted octanol–water partition coefficient (Wildman–Crippen LogP) is -1.53. The van der Waals surface area contributed by atoms with E-state index in [4.69, 9.17) is 10.2 Å². The van der Waals surface area contributed by atoms with Crippen molar-refractivity contribution in [3.63, 3.8) is 0 Å². The van der Waals surface area contributed by atoms with Gasteiger partial charge in [-0.1, -0.05) is 26.2 Å². The van der Waals surface area contributed by atoms with Crippen molar-refractivity contribution in [1.29, 1.82) is 0 Å². The van der Waals surface area contributed by atoms with Crippen LogP contribution in [0.1, 0.15) is 34.0 Å². The van der Waals surface area contributed by atoms with Gasteiger partial charge in [0.1, 0.15) is 0 Å². The summed E-state index contributed by atoms with van der Waals surface area (Å²) in [7, 11) is 0. The van der Waals surface area contributed by atoms with Gasteiger partial charge in [-0.05, 0) is 6.42 Å². The fraction of sp³-hybridized carbons (Fsp3) is 0.750. The smallest absolute Gasteiger partial charge is 1.00 e. The summed E-state index contributed by atoms with van der Waals surface area (Å²) in [4.78, 5) is 20.7. The van der Waals surface area contributed by atoms with E-state index >= 15 is 0 Å². The molecular weight excluding hydrogens is 199 g/mol. The first kappa shape index (κ1) is 16.0. The fourth-order valence-electron chi connectivity index (χ4n) is 0.951. The van der Waals surface area contributed by atoms with Crippen LogP contribution in [0, 0.1) is 5.92 Å². The first-order valence-electron chi connectivity index (χ1n) is 4.05. The number of carbonyl (C=O) groups is 2. The maximum atomic E-state index is 10.4. The maximum absolute atomic E-state index is 10.4. The molecule has 13 heavy (non-hydrogen) atoms. The van der Waals surface area contributed by atoms with E-state index < -0.39 is 17.9 Å². The van der Waals surface area contributed by atoms with Crippen molar-refractivity contribution in [1.82, 2.24) is 0 Å². The van der Waals surface area contributed by atoms with Crippen LogP contribution >= 0.6 is 0 Å². The van der Waals surface area contributed by atoms with Gasteiger partial charge in [0.25, 0.3) is 0 Å². The van der Waals surface area contributed by atoms with Gasteiger partial charge in [-0.15, -0.1) is 0 Å². The summed E-state index contributed by atoms with van der Waals surface area (Å²) in [6, 6.07) is 0. The van der Waals surface area contributed by atoms with Gasteiger partial charge in [0.05, 0.1) is 0 Å². The molecule has 0 aliphatic carbocycles. The van der Waals surface area contributed by atoms with Crippen molar-refractivity contribution in [3.05, 3.63) is 0 Å². The van der Waals surface area contributed by atoms with E-state index in [2.05, 4.69) is 0 Å². The molecule has 2 N–H and O–H groups in total. The SMILES string of the molecule is CCCCCC(C(=O)O)C(=O)O.[H-].[K+]. The zero-order chi connectivity index (χ0) is 9.56. The van der Waals surface area contributed by atoms with E-state index in [0.29, 0.717) is 6.42 Å². The Morgan fingerprint density at radius 1 is 1.23 bits per heavy atom. The number of aliphatic carboxylic acids is 2. The Balaban J connectivity index is -0.000000605. The number of rotatable bonds is 6. The van der Waals surface area contributed by atoms with Crippen LogP contribution in [-0.4, -0.2) is 22.2 Å². The maximum Gasteiger partial charge on any atom is 1.00 e. The molecule has 0 aromatic heterocycles. The van der Waals surface area contributed by atoms with Crippen molar-refractivity contribution in [3.8, 4) is 0 Å². The first-order chi connectivity index (χ1) is 5.59. The molecule has 0 aliphatic rings. The first-order valence-corrected chi connectivity index (χ1v) is 4.05. The van der Waals surface area contributed by atoms with Crippen molar-refractivity contribution in [2.75, 3.05) is 0 Å². The molecule has 0 aliphatic heterocycles. The van der Waals surface area contributed by atoms with Crippen LogP contribution < -0.4 is 51.4 Å². The molecule has 0 fully saturated rings. The van der Waals surface area contributed by atoms with Crippen molar-refractivity contribution >= 4 is 11.9 Å². The topological polar surface area (TPSA) is 74.6 Å². The molecule has 72 valence electrons. The minimum Gasteiger partial charge on any atom is -1.00 e. The summed E-state index contributed by atoms with van der Waals surface area (Å²) in [6.45, 7) is 1.98. The van der Waals surface area contributed by atoms with Crippen LogP contribution in [0.2, 0.25) is 0 Å². The number of hydrogen-bond donors (Lipinski definition) is 2. The van der Waals surface area contributed by atoms with Gasteiger partial charge in [0, 0.05) is 0 Å². The van der Waals surface area contributed by atoms with Crippen LogP contribution in [0.4, 0.5) is 0 Å². The number of hydrogen-bond acceptors (Lipinski definition) is 2. The number of carboxylic acid groups (broad SMARTS) is 2. The summed E-state index contributed by atoms with van der Waals surface area (Å²) in [5, 5.41) is 16.9. The van der Waals surface area contributed by atoms with Gasteiger partial charge in [-0.2, -0.15) is 0 Å². The molecule has 0 saturated heterocycles. The third-order valence-corrected chi connectivity index (χ3v) is 1.69. The molecule has 0 atom stereocenters. The fourth-order valence-corrected chi connectivity index (χ4v) is 0.951. The Labute approximate surface area is 122 Å². The van der Waals surface area contributed by atoms with Gasteiger partial charge in [-0.3, -0.25) is 9.59 Å². The molecule has 0 spiro atoms. The molecule has 0 radical (unpaired) electrons. The second kappa shape index (κ2) is 9.14. The van der Waals surface area contributed by atoms with E-state index in [1.807, 2.05) is 6.92 Å². The molecule has 0 amide bonds. The summed E-state index contributed by atoms with van der Waals surface area (Å²) < 4.78 is 0. The van der Waals surface area contributed by atoms with Gasteiger partial charge in [0.15, 0.2) is 5.92 Å². The summed E-state index contributed by atoms with van der Waals surface area (Å²) in [6.07, 6.45) is 2.75. The van der Waals surface area contributed by atoms with Crippen molar-refractivity contribution in [2.24, 2.45) is 5.92 Å². The summed E-state index contributed by atoms with van der Waals surface area (Å²) >= 11 is 0. The largest absolute Gasteiger partial charge is 1.00 e. The third-order valence-electron chi connectivity index (χ3n) is 1.69. The molecule has 4 nitrogen and oxygen atoms in total. The van der Waals surface area contributed by atoms with Crippen molar-refractivity contribution in [2.45, 2.75) is 32.6 Å². The number of unbranched alkanes of at least 4 members (excludes halogenated alkanes) is 2. The zero-order valence-electron chi connectivity index (χ0n) is 9.12. The number of carboxylic acids is 2. The minimum absolute atomic E-state index is 0. The van der Waals surface area contributed by atoms with Crippen LogP contribution in [-0.2, 0) is 9.59 Å². The molecular formula is C8H15KO4. The molecule has 0 aromatic rings. The molecule has 0 aromatic carbocycles. The second-order valence-corrected chi connectivity index (χ2v) is 2.72. The van der Waals surface area contributed by atoms with Gasteiger partial charge in [-0.25, -0.2) is 0 Å². The summed E-state index contributed by atoms with van der Waals surface area (Å²) in [5.41, 5.74) is 0. The molecule has 0 saturated carbocycles. The summed E-state index contributed by atoms with van der Waals surface area (Å²) in [5.74, 6) is -3.70. The van der Waals surface area contributed by atoms with E-state index in [0.717, 1.165) is 12.8 Å². The standard InChI is InChI=1S/C8H14O4.K.H/c1-2-3-4-5-6(7(9)10)8(11)12;;/h6H,2-5H2,1H3,(H,9,10)(H,11,12);;/q;+1;-1. The van der Waals surface area contributed by atoms with Crippen LogP contribution in [0.3, 0.4) is 0 Å². The van der Waals surface area contributed by atoms with Crippen molar-refractivity contribution < 1.29 is 72.6 Å². The monoisotopic (exact) mass is 214 g/mol. The van der Waals surface area contributed by atoms with Gasteiger partial charge >= 0.3 is 63.3 Å². The molecule has 0 heterocycles. The molecule has 0 rings (SSSR count). The third kappa shape index (κ3) is 7.63. The van der Waals surface area contributed by atoms with E-state index in [9.17, 15) is 9.59 Å². The average molecular weight is 214 g/mol. The molecule has 0 unspecified atom stereocenters. The minimum atomic E-state index is -1.24. The normalized spacial score (nSPS) is 9.38. The molecule has 0 bridgehead atoms. The van der Waals surface area contributed by atoms with Gasteiger partial charge in [0.2, 0.25) is 0 Å². The zero-order valence-corrected chi connectivity index (χ0v) is 11.2. The Morgan fingerprint density at radius 3 is 2.00 bits per heavy atom. The second-order valence-electron chi connectivity index (χ2n) is 2.72. The Kier molecular flexibility index (Phi) is 11.3. The Bertz CT molecular complexity index is 161. The Hall–Kier alpha value is 0.576. The van der Waals surface area contributed by atoms with Crippen LogP contribution in [0.5, 0.6) is 0 Å². The van der Waals surface area contributed by atoms with Crippen LogP contribution in [0.15, 0.2) is 0 Å². The average Bonchev–Trinajstić information content (AvgIpc) is 1.96. The quantitative estimate of drug-likeness (QED) is 0.319. The van der Waals surface area contributed by atoms with Crippen LogP contribution in [0.25, 0.3) is 0 Å². The van der Waals surface area contributed by atoms with E-state index in [1.54, 1.807) is 0 Å². The van der Waals surface area contributed by atoms with Gasteiger partial charge < -0.3 is 11.6 Å².